The van der Waals surface area contributed by atoms with Crippen LogP contribution >= 0.6 is 11.6 Å². The third kappa shape index (κ3) is 2.23. The molecule has 4 heteroatoms. The zero-order chi connectivity index (χ0) is 10.0. The van der Waals surface area contributed by atoms with Gasteiger partial charge in [0.05, 0.1) is 5.60 Å². The lowest BCUT2D eigenvalue weighted by atomic mass is 9.97. The van der Waals surface area contributed by atoms with E-state index in [0.29, 0.717) is 18.1 Å². The van der Waals surface area contributed by atoms with Gasteiger partial charge in [-0.3, -0.25) is 0 Å². The Morgan fingerprint density at radius 2 is 2.43 bits per heavy atom. The van der Waals surface area contributed by atoms with Gasteiger partial charge in [-0.15, -0.1) is 0 Å². The first kappa shape index (κ1) is 9.90. The summed E-state index contributed by atoms with van der Waals surface area (Å²) >= 11 is 5.77. The van der Waals surface area contributed by atoms with Crippen molar-refractivity contribution in [1.82, 2.24) is 10.3 Å². The lowest BCUT2D eigenvalue weighted by Crippen LogP contribution is -2.34. The smallest absolute Gasteiger partial charge is 0.129 e. The van der Waals surface area contributed by atoms with Crippen LogP contribution in [-0.4, -0.2) is 28.8 Å². The third-order valence-electron chi connectivity index (χ3n) is 2.50. The van der Waals surface area contributed by atoms with E-state index in [-0.39, 0.29) is 0 Å². The summed E-state index contributed by atoms with van der Waals surface area (Å²) in [6, 6.07) is 5.49. The highest BCUT2D eigenvalue weighted by Gasteiger charge is 2.31. The first-order valence-corrected chi connectivity index (χ1v) is 5.10. The van der Waals surface area contributed by atoms with Gasteiger partial charge in [0.2, 0.25) is 0 Å². The minimum Gasteiger partial charge on any atom is -0.388 e. The highest BCUT2D eigenvalue weighted by molar-refractivity contribution is 6.29. The number of nitrogens with one attached hydrogen (secondary N) is 1. The molecule has 0 spiro atoms. The van der Waals surface area contributed by atoms with E-state index in [4.69, 9.17) is 11.6 Å². The second-order valence-corrected chi connectivity index (χ2v) is 4.17. The van der Waals surface area contributed by atoms with Crippen molar-refractivity contribution in [3.63, 3.8) is 0 Å². The Kier molecular flexibility index (Phi) is 2.72. The quantitative estimate of drug-likeness (QED) is 0.720. The summed E-state index contributed by atoms with van der Waals surface area (Å²) in [6.45, 7) is 1.51. The summed E-state index contributed by atoms with van der Waals surface area (Å²) < 4.78 is 0. The molecule has 0 radical (unpaired) electrons. The van der Waals surface area contributed by atoms with E-state index in [2.05, 4.69) is 10.3 Å². The Labute approximate surface area is 88.1 Å². The molecule has 1 unspecified atom stereocenters. The Balaban J connectivity index is 2.10. The maximum absolute atomic E-state index is 10.1. The Hall–Kier alpha value is -0.640. The van der Waals surface area contributed by atoms with Gasteiger partial charge in [-0.1, -0.05) is 17.7 Å². The molecule has 0 amide bonds. The number of aromatic nitrogens is 1. The molecule has 0 aliphatic carbocycles. The lowest BCUT2D eigenvalue weighted by Gasteiger charge is -2.20. The van der Waals surface area contributed by atoms with Gasteiger partial charge in [-0.25, -0.2) is 4.98 Å². The predicted molar refractivity (Wildman–Crippen MR) is 55.4 cm³/mol. The van der Waals surface area contributed by atoms with E-state index in [9.17, 15) is 5.11 Å². The van der Waals surface area contributed by atoms with Crippen molar-refractivity contribution >= 4 is 11.6 Å². The molecular weight excluding hydrogens is 200 g/mol. The fourth-order valence-corrected chi connectivity index (χ4v) is 1.95. The molecule has 0 saturated carbocycles. The molecule has 1 aliphatic heterocycles. The first-order chi connectivity index (χ1) is 6.68. The third-order valence-corrected chi connectivity index (χ3v) is 2.71. The van der Waals surface area contributed by atoms with Gasteiger partial charge in [0, 0.05) is 18.7 Å². The number of rotatable bonds is 2. The number of nitrogens with zero attached hydrogens (tertiary/aromatic N) is 1. The maximum atomic E-state index is 10.1. The summed E-state index contributed by atoms with van der Waals surface area (Å²) in [7, 11) is 0. The second kappa shape index (κ2) is 3.85. The van der Waals surface area contributed by atoms with E-state index in [1.807, 2.05) is 12.1 Å². The molecule has 2 N–H and O–H groups in total. The molecule has 1 atom stereocenters. The van der Waals surface area contributed by atoms with Gasteiger partial charge in [0.1, 0.15) is 5.15 Å². The van der Waals surface area contributed by atoms with Crippen molar-refractivity contribution in [2.24, 2.45) is 0 Å². The van der Waals surface area contributed by atoms with E-state index in [1.54, 1.807) is 6.07 Å². The van der Waals surface area contributed by atoms with Crippen LogP contribution in [0.25, 0.3) is 0 Å². The van der Waals surface area contributed by atoms with E-state index in [1.165, 1.54) is 0 Å². The highest BCUT2D eigenvalue weighted by Crippen LogP contribution is 2.19. The monoisotopic (exact) mass is 212 g/mol. The average molecular weight is 213 g/mol. The van der Waals surface area contributed by atoms with Crippen LogP contribution in [0.4, 0.5) is 0 Å². The zero-order valence-electron chi connectivity index (χ0n) is 7.83. The second-order valence-electron chi connectivity index (χ2n) is 3.78. The fraction of sp³-hybridized carbons (Fsp3) is 0.500. The molecule has 0 bridgehead atoms. The van der Waals surface area contributed by atoms with Gasteiger partial charge in [0.15, 0.2) is 0 Å². The van der Waals surface area contributed by atoms with Gasteiger partial charge >= 0.3 is 0 Å². The molecule has 76 valence electrons. The number of hydrogen-bond donors (Lipinski definition) is 2. The molecule has 1 aliphatic rings. The van der Waals surface area contributed by atoms with Gasteiger partial charge < -0.3 is 10.4 Å². The zero-order valence-corrected chi connectivity index (χ0v) is 8.59. The highest BCUT2D eigenvalue weighted by atomic mass is 35.5. The first-order valence-electron chi connectivity index (χ1n) is 4.73. The number of β-amino-alcohol motifs (C(OH)–C–C–N with tert-alkyl or cyclic N) is 1. The standard InChI is InChI=1S/C10H13ClN2O/c11-9-3-1-2-8(13-9)6-10(14)4-5-12-7-10/h1-3,12,14H,4-7H2. The molecule has 1 aromatic heterocycles. The number of pyridine rings is 1. The molecule has 14 heavy (non-hydrogen) atoms. The molecule has 2 heterocycles. The largest absolute Gasteiger partial charge is 0.388 e. The number of halogens is 1. The minimum absolute atomic E-state index is 0.483. The van der Waals surface area contributed by atoms with Crippen molar-refractivity contribution in [2.75, 3.05) is 13.1 Å². The minimum atomic E-state index is -0.641. The molecule has 1 fully saturated rings. The summed E-state index contributed by atoms with van der Waals surface area (Å²) in [4.78, 5) is 4.16. The summed E-state index contributed by atoms with van der Waals surface area (Å²) in [5.41, 5.74) is 0.209. The maximum Gasteiger partial charge on any atom is 0.129 e. The number of hydrogen-bond acceptors (Lipinski definition) is 3. The topological polar surface area (TPSA) is 45.2 Å². The van der Waals surface area contributed by atoms with Crippen LogP contribution in [0, 0.1) is 0 Å². The van der Waals surface area contributed by atoms with Crippen LogP contribution in [0.3, 0.4) is 0 Å². The Morgan fingerprint density at radius 3 is 3.07 bits per heavy atom. The SMILES string of the molecule is OC1(Cc2cccc(Cl)n2)CCNC1. The molecule has 1 aromatic rings. The normalized spacial score (nSPS) is 26.7. The van der Waals surface area contributed by atoms with Crippen molar-refractivity contribution < 1.29 is 5.11 Å². The van der Waals surface area contributed by atoms with Crippen molar-refractivity contribution in [3.8, 4) is 0 Å². The fourth-order valence-electron chi connectivity index (χ4n) is 1.77. The molecule has 3 nitrogen and oxygen atoms in total. The van der Waals surface area contributed by atoms with Crippen molar-refractivity contribution in [2.45, 2.75) is 18.4 Å². The van der Waals surface area contributed by atoms with Gasteiger partial charge in [0.25, 0.3) is 0 Å². The molecule has 1 saturated heterocycles. The summed E-state index contributed by atoms with van der Waals surface area (Å²) in [5, 5.41) is 13.7. The van der Waals surface area contributed by atoms with Crippen LogP contribution in [0.1, 0.15) is 12.1 Å². The van der Waals surface area contributed by atoms with Gasteiger partial charge in [-0.2, -0.15) is 0 Å². The van der Waals surface area contributed by atoms with Gasteiger partial charge in [-0.05, 0) is 25.1 Å². The predicted octanol–water partition coefficient (Wildman–Crippen LogP) is 1.00. The lowest BCUT2D eigenvalue weighted by molar-refractivity contribution is 0.0609. The molecular formula is C10H13ClN2O. The average Bonchev–Trinajstić information content (AvgIpc) is 2.51. The van der Waals surface area contributed by atoms with Crippen molar-refractivity contribution in [1.29, 1.82) is 0 Å². The van der Waals surface area contributed by atoms with Crippen LogP contribution in [0.2, 0.25) is 5.15 Å². The van der Waals surface area contributed by atoms with Crippen LogP contribution in [-0.2, 0) is 6.42 Å². The summed E-state index contributed by atoms with van der Waals surface area (Å²) in [5.74, 6) is 0. The van der Waals surface area contributed by atoms with E-state index in [0.717, 1.165) is 18.7 Å². The Morgan fingerprint density at radius 1 is 1.57 bits per heavy atom. The number of aliphatic hydroxyl groups is 1. The van der Waals surface area contributed by atoms with Crippen molar-refractivity contribution in [3.05, 3.63) is 29.0 Å². The Bertz CT molecular complexity index is 324. The van der Waals surface area contributed by atoms with E-state index >= 15 is 0 Å². The van der Waals surface area contributed by atoms with Crippen LogP contribution in [0.5, 0.6) is 0 Å². The van der Waals surface area contributed by atoms with Crippen LogP contribution < -0.4 is 5.32 Å². The summed E-state index contributed by atoms with van der Waals surface area (Å²) in [6.07, 6.45) is 1.35. The van der Waals surface area contributed by atoms with E-state index < -0.39 is 5.60 Å². The molecule has 0 aromatic carbocycles. The molecule has 2 rings (SSSR count). The van der Waals surface area contributed by atoms with Crippen LogP contribution in [0.15, 0.2) is 18.2 Å².